The van der Waals surface area contributed by atoms with Gasteiger partial charge in [0.2, 0.25) is 0 Å². The van der Waals surface area contributed by atoms with Crippen molar-refractivity contribution in [2.24, 2.45) is 0 Å². The maximum absolute atomic E-state index is 14.5. The first-order valence-electron chi connectivity index (χ1n) is 13.6. The molecule has 0 aliphatic carbocycles. The van der Waals surface area contributed by atoms with Crippen LogP contribution in [0.3, 0.4) is 0 Å². The van der Waals surface area contributed by atoms with E-state index in [2.05, 4.69) is 35.5 Å². The lowest BCUT2D eigenvalue weighted by atomic mass is 9.95. The van der Waals surface area contributed by atoms with Gasteiger partial charge in [0.1, 0.15) is 23.8 Å². The Morgan fingerprint density at radius 2 is 1.75 bits per heavy atom. The minimum Gasteiger partial charge on any atom is -0.405 e. The summed E-state index contributed by atoms with van der Waals surface area (Å²) in [7, 11) is 0. The zero-order chi connectivity index (χ0) is 34.8. The third kappa shape index (κ3) is 7.93. The zero-order valence-electron chi connectivity index (χ0n) is 24.3. The van der Waals surface area contributed by atoms with Gasteiger partial charge in [-0.3, -0.25) is 9.59 Å². The Kier molecular flexibility index (Phi) is 9.47. The van der Waals surface area contributed by atoms with E-state index in [-0.39, 0.29) is 44.5 Å². The number of halogens is 8. The highest BCUT2D eigenvalue weighted by molar-refractivity contribution is 6.32. The molecular formula is C29H20ClF7N8O3. The largest absolute Gasteiger partial charge is 0.573 e. The summed E-state index contributed by atoms with van der Waals surface area (Å²) in [6, 6.07) is 11.3. The van der Waals surface area contributed by atoms with E-state index in [0.29, 0.717) is 4.80 Å². The highest BCUT2D eigenvalue weighted by Gasteiger charge is 2.37. The number of hydrogen-bond acceptors (Lipinski definition) is 8. The van der Waals surface area contributed by atoms with Gasteiger partial charge in [-0.2, -0.15) is 23.1 Å². The molecule has 5 rings (SSSR count). The Hall–Kier alpha value is -5.39. The Morgan fingerprint density at radius 3 is 2.44 bits per heavy atom. The van der Waals surface area contributed by atoms with Crippen LogP contribution in [-0.4, -0.2) is 53.0 Å². The van der Waals surface area contributed by atoms with Gasteiger partial charge in [-0.1, -0.05) is 29.8 Å². The van der Waals surface area contributed by atoms with Crippen molar-refractivity contribution in [3.8, 4) is 11.6 Å². The second-order valence-corrected chi connectivity index (χ2v) is 10.5. The van der Waals surface area contributed by atoms with Crippen molar-refractivity contribution in [1.82, 2.24) is 40.3 Å². The van der Waals surface area contributed by atoms with E-state index < -0.39 is 61.1 Å². The molecule has 1 N–H and O–H groups in total. The Bertz CT molecular complexity index is 1990. The van der Waals surface area contributed by atoms with Crippen molar-refractivity contribution < 1.29 is 45.1 Å². The van der Waals surface area contributed by atoms with Crippen molar-refractivity contribution in [3.63, 3.8) is 0 Å². The van der Waals surface area contributed by atoms with Gasteiger partial charge in [0, 0.05) is 30.3 Å². The zero-order valence-corrected chi connectivity index (χ0v) is 25.0. The topological polar surface area (TPSA) is 130 Å². The predicted molar refractivity (Wildman–Crippen MR) is 152 cm³/mol. The van der Waals surface area contributed by atoms with Gasteiger partial charge in [-0.15, -0.1) is 23.4 Å². The Balaban J connectivity index is 1.45. The van der Waals surface area contributed by atoms with E-state index in [1.807, 2.05) is 0 Å². The van der Waals surface area contributed by atoms with Crippen molar-refractivity contribution >= 4 is 23.3 Å². The molecule has 0 bridgehead atoms. The van der Waals surface area contributed by atoms with E-state index in [9.17, 15) is 40.3 Å². The van der Waals surface area contributed by atoms with E-state index in [1.54, 1.807) is 0 Å². The van der Waals surface area contributed by atoms with Gasteiger partial charge in [0.25, 0.3) is 11.7 Å². The van der Waals surface area contributed by atoms with Crippen LogP contribution in [0.5, 0.6) is 5.75 Å². The minimum atomic E-state index is -4.99. The molecular weight excluding hydrogens is 677 g/mol. The fourth-order valence-electron chi connectivity index (χ4n) is 4.58. The van der Waals surface area contributed by atoms with Gasteiger partial charge in [-0.25, -0.2) is 14.1 Å². The number of ether oxygens (including phenoxy) is 1. The normalized spacial score (nSPS) is 11.9. The van der Waals surface area contributed by atoms with Crippen LogP contribution >= 0.6 is 11.6 Å². The summed E-state index contributed by atoms with van der Waals surface area (Å²) in [6.45, 7) is 0.570. The van der Waals surface area contributed by atoms with Gasteiger partial charge in [-0.05, 0) is 59.7 Å². The molecule has 0 fully saturated rings. The molecule has 250 valence electrons. The summed E-state index contributed by atoms with van der Waals surface area (Å²) in [6.07, 6.45) is -9.00. The molecule has 0 saturated carbocycles. The summed E-state index contributed by atoms with van der Waals surface area (Å²) in [5.74, 6) is -4.46. The average Bonchev–Trinajstić information content (AvgIpc) is 3.65. The van der Waals surface area contributed by atoms with E-state index in [4.69, 9.17) is 11.6 Å². The van der Waals surface area contributed by atoms with Gasteiger partial charge in [0.05, 0.1) is 10.7 Å². The molecule has 1 amide bonds. The molecule has 5 aromatic rings. The molecule has 0 saturated heterocycles. The highest BCUT2D eigenvalue weighted by atomic mass is 35.5. The smallest absolute Gasteiger partial charge is 0.405 e. The monoisotopic (exact) mass is 696 g/mol. The number of rotatable bonds is 10. The SMILES string of the molecule is Cc1cc(F)cc(C(=O)NCc2ccccc2OC(F)(F)F)c1CC(=O)c1cc(Cn2nnc(C(F)(F)F)n2)nn1-c1ncccc1Cl. The number of aromatic nitrogens is 7. The first-order chi connectivity index (χ1) is 22.6. The van der Waals surface area contributed by atoms with E-state index in [0.717, 1.165) is 22.9 Å². The number of alkyl halides is 6. The number of amides is 1. The number of nitrogens with zero attached hydrogens (tertiary/aromatic N) is 7. The number of hydrogen-bond donors (Lipinski definition) is 1. The van der Waals surface area contributed by atoms with E-state index >= 15 is 0 Å². The summed E-state index contributed by atoms with van der Waals surface area (Å²) >= 11 is 6.29. The third-order valence-corrected chi connectivity index (χ3v) is 6.95. The number of nitrogens with one attached hydrogen (secondary N) is 1. The molecule has 3 heterocycles. The Morgan fingerprint density at radius 1 is 1.00 bits per heavy atom. The summed E-state index contributed by atoms with van der Waals surface area (Å²) < 4.78 is 97.1. The highest BCUT2D eigenvalue weighted by Crippen LogP contribution is 2.28. The minimum absolute atomic E-state index is 0.00941. The molecule has 48 heavy (non-hydrogen) atoms. The number of benzene rings is 2. The average molecular weight is 697 g/mol. The van der Waals surface area contributed by atoms with Crippen LogP contribution in [0.2, 0.25) is 5.02 Å². The van der Waals surface area contributed by atoms with E-state index in [1.165, 1.54) is 49.5 Å². The lowest BCUT2D eigenvalue weighted by Crippen LogP contribution is -2.26. The Labute approximate surface area is 270 Å². The lowest BCUT2D eigenvalue weighted by Gasteiger charge is -2.16. The fraction of sp³-hybridized carbons (Fsp3) is 0.207. The maximum Gasteiger partial charge on any atom is 0.573 e. The fourth-order valence-corrected chi connectivity index (χ4v) is 4.78. The first kappa shape index (κ1) is 34.0. The second-order valence-electron chi connectivity index (χ2n) is 10.1. The third-order valence-electron chi connectivity index (χ3n) is 6.65. The molecule has 0 radical (unpaired) electrons. The van der Waals surface area contributed by atoms with Crippen LogP contribution in [0, 0.1) is 12.7 Å². The number of pyridine rings is 1. The van der Waals surface area contributed by atoms with Crippen molar-refractivity contribution in [3.05, 3.63) is 111 Å². The summed E-state index contributed by atoms with van der Waals surface area (Å²) in [4.78, 5) is 31.8. The first-order valence-corrected chi connectivity index (χ1v) is 14.0. The predicted octanol–water partition coefficient (Wildman–Crippen LogP) is 5.68. The molecule has 0 unspecified atom stereocenters. The number of carbonyl (C=O) groups excluding carboxylic acids is 2. The number of carbonyl (C=O) groups is 2. The quantitative estimate of drug-likeness (QED) is 0.146. The van der Waals surface area contributed by atoms with Crippen LogP contribution < -0.4 is 10.1 Å². The van der Waals surface area contributed by atoms with Crippen molar-refractivity contribution in [2.75, 3.05) is 0 Å². The van der Waals surface area contributed by atoms with Crippen LogP contribution in [0.25, 0.3) is 5.82 Å². The maximum atomic E-state index is 14.5. The second kappa shape index (κ2) is 13.4. The van der Waals surface area contributed by atoms with Gasteiger partial charge < -0.3 is 10.1 Å². The number of Topliss-reactive ketones (excluding diaryl/α,β-unsaturated/α-hetero) is 1. The molecule has 11 nitrogen and oxygen atoms in total. The molecule has 0 aliphatic rings. The molecule has 0 spiro atoms. The summed E-state index contributed by atoms with van der Waals surface area (Å²) in [5, 5.41) is 16.4. The number of aryl methyl sites for hydroxylation is 1. The van der Waals surface area contributed by atoms with Crippen LogP contribution in [-0.2, 0) is 25.7 Å². The molecule has 0 atom stereocenters. The van der Waals surface area contributed by atoms with Crippen molar-refractivity contribution in [1.29, 1.82) is 0 Å². The number of para-hydroxylation sites is 1. The van der Waals surface area contributed by atoms with Crippen LogP contribution in [0.4, 0.5) is 30.7 Å². The number of ketones is 1. The number of tetrazole rings is 1. The van der Waals surface area contributed by atoms with Gasteiger partial charge >= 0.3 is 12.5 Å². The molecule has 0 aliphatic heterocycles. The lowest BCUT2D eigenvalue weighted by molar-refractivity contribution is -0.274. The molecule has 19 heteroatoms. The van der Waals surface area contributed by atoms with Gasteiger partial charge in [0.15, 0.2) is 11.6 Å². The molecule has 3 aromatic heterocycles. The molecule has 2 aromatic carbocycles. The standard InChI is InChI=1S/C29H20ClF7N8O3/c1-15-9-17(31)10-20(26(47)39-13-16-5-2-3-7-24(16)48-29(35,36)37)19(15)12-23(46)22-11-18(14-44-42-27(40-43-44)28(32,33)34)41-45(22)25-21(30)6-4-8-38-25/h2-11H,12-14H2,1H3,(H,39,47). The van der Waals surface area contributed by atoms with Crippen LogP contribution in [0.15, 0.2) is 60.8 Å². The van der Waals surface area contributed by atoms with Crippen molar-refractivity contribution in [2.45, 2.75) is 39.0 Å². The van der Waals surface area contributed by atoms with Crippen LogP contribution in [0.1, 0.15) is 49.1 Å². The summed E-state index contributed by atoms with van der Waals surface area (Å²) in [5.41, 5.74) is -0.170.